The van der Waals surface area contributed by atoms with Crippen molar-refractivity contribution in [3.63, 3.8) is 0 Å². The molecule has 20 heavy (non-hydrogen) atoms. The Morgan fingerprint density at radius 3 is 2.70 bits per heavy atom. The lowest BCUT2D eigenvalue weighted by atomic mass is 10.3. The van der Waals surface area contributed by atoms with Gasteiger partial charge in [-0.25, -0.2) is 4.98 Å². The van der Waals surface area contributed by atoms with Gasteiger partial charge in [-0.3, -0.25) is 9.59 Å². The summed E-state index contributed by atoms with van der Waals surface area (Å²) in [5, 5.41) is 2.62. The summed E-state index contributed by atoms with van der Waals surface area (Å²) in [7, 11) is 3.31. The number of nitrogens with zero attached hydrogens (tertiary/aromatic N) is 3. The molecule has 0 fully saturated rings. The van der Waals surface area contributed by atoms with Crippen molar-refractivity contribution in [3.05, 3.63) is 30.1 Å². The number of amides is 2. The number of likely N-dealkylation sites (N-methyl/N-ethyl adjacent to an activating group) is 1. The van der Waals surface area contributed by atoms with Crippen LogP contribution in [-0.4, -0.2) is 46.9 Å². The van der Waals surface area contributed by atoms with Crippen LogP contribution in [0.5, 0.6) is 0 Å². The maximum atomic E-state index is 11.9. The largest absolute Gasteiger partial charge is 0.347 e. The zero-order chi connectivity index (χ0) is 14.7. The number of hydrogen-bond acceptors (Lipinski definition) is 3. The molecule has 0 bridgehead atoms. The first-order valence-corrected chi connectivity index (χ1v) is 6.37. The van der Waals surface area contributed by atoms with E-state index in [1.807, 2.05) is 35.8 Å². The minimum absolute atomic E-state index is 0.0114. The average molecular weight is 274 g/mol. The van der Waals surface area contributed by atoms with Gasteiger partial charge < -0.3 is 14.8 Å². The summed E-state index contributed by atoms with van der Waals surface area (Å²) in [6, 6.07) is 7.66. The van der Waals surface area contributed by atoms with Crippen molar-refractivity contribution in [3.8, 4) is 0 Å². The zero-order valence-corrected chi connectivity index (χ0v) is 11.9. The van der Waals surface area contributed by atoms with Crippen LogP contribution in [0.25, 0.3) is 11.0 Å². The highest BCUT2D eigenvalue weighted by Crippen LogP contribution is 2.14. The predicted octanol–water partition coefficient (Wildman–Crippen LogP) is 0.549. The summed E-state index contributed by atoms with van der Waals surface area (Å²) in [6.45, 7) is 2.03. The number of carbonyl (C=O) groups excluding carboxylic acids is 2. The summed E-state index contributed by atoms with van der Waals surface area (Å²) in [4.78, 5) is 29.2. The number of carbonyl (C=O) groups is 2. The molecule has 2 rings (SSSR count). The van der Waals surface area contributed by atoms with Gasteiger partial charge in [-0.15, -0.1) is 0 Å². The van der Waals surface area contributed by atoms with Crippen molar-refractivity contribution in [2.45, 2.75) is 13.5 Å². The maximum Gasteiger partial charge on any atom is 0.241 e. The van der Waals surface area contributed by atoms with Crippen LogP contribution >= 0.6 is 0 Å². The number of fused-ring (bicyclic) bond motifs is 1. The third-order valence-electron chi connectivity index (χ3n) is 3.08. The molecule has 0 aliphatic rings. The number of aromatic nitrogens is 2. The molecule has 1 aromatic heterocycles. The van der Waals surface area contributed by atoms with E-state index in [0.29, 0.717) is 0 Å². The van der Waals surface area contributed by atoms with Gasteiger partial charge in [0.15, 0.2) is 0 Å². The Morgan fingerprint density at radius 1 is 1.30 bits per heavy atom. The Labute approximate surface area is 117 Å². The lowest BCUT2D eigenvalue weighted by Crippen LogP contribution is -2.37. The molecule has 106 valence electrons. The smallest absolute Gasteiger partial charge is 0.241 e. The van der Waals surface area contributed by atoms with Crippen LogP contribution in [0.15, 0.2) is 24.3 Å². The Kier molecular flexibility index (Phi) is 4.02. The molecule has 6 heteroatoms. The molecule has 1 N–H and O–H groups in total. The van der Waals surface area contributed by atoms with Crippen LogP contribution in [0, 0.1) is 6.92 Å². The molecular formula is C14H18N4O2. The van der Waals surface area contributed by atoms with Crippen LogP contribution in [0.3, 0.4) is 0 Å². The monoisotopic (exact) mass is 274 g/mol. The van der Waals surface area contributed by atoms with Crippen molar-refractivity contribution in [2.75, 3.05) is 20.6 Å². The number of rotatable bonds is 4. The highest BCUT2D eigenvalue weighted by Gasteiger charge is 2.12. The summed E-state index contributed by atoms with van der Waals surface area (Å²) in [5.74, 6) is 0.442. The molecule has 1 aromatic carbocycles. The highest BCUT2D eigenvalue weighted by molar-refractivity contribution is 5.85. The van der Waals surface area contributed by atoms with E-state index in [-0.39, 0.29) is 24.9 Å². The summed E-state index contributed by atoms with van der Waals surface area (Å²) >= 11 is 0. The summed E-state index contributed by atoms with van der Waals surface area (Å²) < 4.78 is 1.84. The third kappa shape index (κ3) is 2.96. The molecule has 0 atom stereocenters. The molecule has 0 saturated heterocycles. The van der Waals surface area contributed by atoms with Gasteiger partial charge in [0.1, 0.15) is 12.4 Å². The maximum absolute atomic E-state index is 11.9. The Balaban J connectivity index is 2.07. The number of para-hydroxylation sites is 2. The fourth-order valence-corrected chi connectivity index (χ4v) is 1.93. The number of nitrogens with one attached hydrogen (secondary N) is 1. The second kappa shape index (κ2) is 5.73. The van der Waals surface area contributed by atoms with E-state index in [4.69, 9.17) is 0 Å². The van der Waals surface area contributed by atoms with Crippen LogP contribution in [0.1, 0.15) is 5.82 Å². The number of benzene rings is 1. The second-order valence-electron chi connectivity index (χ2n) is 4.80. The van der Waals surface area contributed by atoms with E-state index in [1.165, 1.54) is 4.90 Å². The van der Waals surface area contributed by atoms with E-state index in [1.54, 1.807) is 14.1 Å². The van der Waals surface area contributed by atoms with Crippen LogP contribution in [0.2, 0.25) is 0 Å². The Bertz CT molecular complexity index is 646. The first kappa shape index (κ1) is 14.0. The van der Waals surface area contributed by atoms with E-state index in [2.05, 4.69) is 10.3 Å². The minimum Gasteiger partial charge on any atom is -0.347 e. The molecule has 0 radical (unpaired) electrons. The first-order chi connectivity index (χ1) is 9.49. The number of imidazole rings is 1. The number of hydrogen-bond donors (Lipinski definition) is 1. The fraction of sp³-hybridized carbons (Fsp3) is 0.357. The molecule has 0 saturated carbocycles. The molecule has 0 unspecified atom stereocenters. The number of aryl methyl sites for hydroxylation is 1. The van der Waals surface area contributed by atoms with Crippen molar-refractivity contribution in [1.29, 1.82) is 0 Å². The van der Waals surface area contributed by atoms with Crippen molar-refractivity contribution >= 4 is 22.8 Å². The average Bonchev–Trinajstić information content (AvgIpc) is 2.72. The van der Waals surface area contributed by atoms with Crippen LogP contribution in [0.4, 0.5) is 0 Å². The van der Waals surface area contributed by atoms with E-state index in [9.17, 15) is 9.59 Å². The molecule has 1 heterocycles. The van der Waals surface area contributed by atoms with E-state index in [0.717, 1.165) is 16.9 Å². The van der Waals surface area contributed by atoms with E-state index < -0.39 is 0 Å². The van der Waals surface area contributed by atoms with Crippen LogP contribution < -0.4 is 5.32 Å². The normalized spacial score (nSPS) is 10.6. The highest BCUT2D eigenvalue weighted by atomic mass is 16.2. The van der Waals surface area contributed by atoms with Gasteiger partial charge in [0, 0.05) is 14.1 Å². The lowest BCUT2D eigenvalue weighted by molar-refractivity contribution is -0.131. The Hall–Kier alpha value is -2.37. The van der Waals surface area contributed by atoms with Gasteiger partial charge in [0.05, 0.1) is 17.6 Å². The standard InChI is InChI=1S/C14H18N4O2/c1-10-16-11-6-4-5-7-12(11)18(10)9-13(19)15-8-14(20)17(2)3/h4-7H,8-9H2,1-3H3,(H,15,19). The van der Waals surface area contributed by atoms with E-state index >= 15 is 0 Å². The topological polar surface area (TPSA) is 67.2 Å². The van der Waals surface area contributed by atoms with Crippen molar-refractivity contribution in [1.82, 2.24) is 19.8 Å². The molecule has 2 aromatic rings. The quantitative estimate of drug-likeness (QED) is 0.885. The molecule has 0 aliphatic heterocycles. The van der Waals surface area contributed by atoms with Crippen LogP contribution in [-0.2, 0) is 16.1 Å². The van der Waals surface area contributed by atoms with Gasteiger partial charge in [0.2, 0.25) is 11.8 Å². The zero-order valence-electron chi connectivity index (χ0n) is 11.9. The van der Waals surface area contributed by atoms with Gasteiger partial charge in [0.25, 0.3) is 0 Å². The molecule has 2 amide bonds. The lowest BCUT2D eigenvalue weighted by Gasteiger charge is -2.11. The second-order valence-corrected chi connectivity index (χ2v) is 4.80. The molecule has 0 aliphatic carbocycles. The fourth-order valence-electron chi connectivity index (χ4n) is 1.93. The van der Waals surface area contributed by atoms with Gasteiger partial charge in [-0.1, -0.05) is 12.1 Å². The van der Waals surface area contributed by atoms with Gasteiger partial charge in [-0.05, 0) is 19.1 Å². The Morgan fingerprint density at radius 2 is 2.00 bits per heavy atom. The predicted molar refractivity (Wildman–Crippen MR) is 76.2 cm³/mol. The summed E-state index contributed by atoms with van der Waals surface area (Å²) in [6.07, 6.45) is 0. The minimum atomic E-state index is -0.202. The molecule has 0 spiro atoms. The first-order valence-electron chi connectivity index (χ1n) is 6.37. The van der Waals surface area contributed by atoms with Crippen molar-refractivity contribution in [2.24, 2.45) is 0 Å². The molecule has 6 nitrogen and oxygen atoms in total. The van der Waals surface area contributed by atoms with Gasteiger partial charge >= 0.3 is 0 Å². The molecular weight excluding hydrogens is 256 g/mol. The third-order valence-corrected chi connectivity index (χ3v) is 3.08. The SMILES string of the molecule is Cc1nc2ccccc2n1CC(=O)NCC(=O)N(C)C. The summed E-state index contributed by atoms with van der Waals surface area (Å²) in [5.41, 5.74) is 1.78. The van der Waals surface area contributed by atoms with Gasteiger partial charge in [-0.2, -0.15) is 0 Å². The van der Waals surface area contributed by atoms with Crippen molar-refractivity contribution < 1.29 is 9.59 Å².